The summed E-state index contributed by atoms with van der Waals surface area (Å²) in [7, 11) is -0.969. The Labute approximate surface area is 224 Å². The topological polar surface area (TPSA) is 0 Å². The number of benzene rings is 5. The Morgan fingerprint density at radius 3 is 0.946 bits per heavy atom. The maximum Gasteiger partial charge on any atom is 0.00128 e. The lowest BCUT2D eigenvalue weighted by molar-refractivity contribution is 1.14. The SMILES string of the molecule is Cc1cc(C)c(CP(c2ccccc2)c2ccccc2)c(C)c1CP(c1ccccc1)c1ccccc1. The smallest absolute Gasteiger partial charge is 0.00128 e. The van der Waals surface area contributed by atoms with Crippen LogP contribution in [-0.4, -0.2) is 0 Å². The first-order chi connectivity index (χ1) is 18.1. The zero-order chi connectivity index (χ0) is 25.6. The quantitative estimate of drug-likeness (QED) is 0.184. The van der Waals surface area contributed by atoms with Gasteiger partial charge in [-0.1, -0.05) is 127 Å². The van der Waals surface area contributed by atoms with E-state index >= 15 is 0 Å². The molecule has 0 aliphatic rings. The van der Waals surface area contributed by atoms with Gasteiger partial charge in [0.05, 0.1) is 0 Å². The maximum atomic E-state index is 2.44. The number of aryl methyl sites for hydroxylation is 2. The normalized spacial score (nSPS) is 11.3. The maximum absolute atomic E-state index is 2.44. The minimum absolute atomic E-state index is 0.484. The van der Waals surface area contributed by atoms with Gasteiger partial charge in [-0.15, -0.1) is 0 Å². The van der Waals surface area contributed by atoms with Crippen molar-refractivity contribution in [2.75, 3.05) is 0 Å². The summed E-state index contributed by atoms with van der Waals surface area (Å²) < 4.78 is 0. The zero-order valence-electron chi connectivity index (χ0n) is 21.9. The van der Waals surface area contributed by atoms with E-state index in [4.69, 9.17) is 0 Å². The molecule has 0 nitrogen and oxygen atoms in total. The molecule has 0 spiro atoms. The molecule has 0 fully saturated rings. The molecule has 0 amide bonds. The van der Waals surface area contributed by atoms with Gasteiger partial charge in [-0.2, -0.15) is 0 Å². The number of hydrogen-bond donors (Lipinski definition) is 0. The Morgan fingerprint density at radius 1 is 0.405 bits per heavy atom. The van der Waals surface area contributed by atoms with Gasteiger partial charge in [0, 0.05) is 12.3 Å². The van der Waals surface area contributed by atoms with Gasteiger partial charge >= 0.3 is 0 Å². The highest BCUT2D eigenvalue weighted by molar-refractivity contribution is 7.72. The van der Waals surface area contributed by atoms with E-state index in [9.17, 15) is 0 Å². The largest absolute Gasteiger partial charge is 0.0622 e. The third kappa shape index (κ3) is 5.93. The lowest BCUT2D eigenvalue weighted by atomic mass is 9.95. The second-order valence-electron chi connectivity index (χ2n) is 9.61. The molecule has 0 radical (unpaired) electrons. The Hall–Kier alpha value is -3.04. The summed E-state index contributed by atoms with van der Waals surface area (Å²) in [5, 5.41) is 5.78. The highest BCUT2D eigenvalue weighted by Gasteiger charge is 2.22. The average molecular weight is 517 g/mol. The van der Waals surface area contributed by atoms with Crippen LogP contribution in [0.25, 0.3) is 0 Å². The monoisotopic (exact) mass is 516 g/mol. The number of hydrogen-bond acceptors (Lipinski definition) is 0. The van der Waals surface area contributed by atoms with Crippen LogP contribution >= 0.6 is 15.8 Å². The summed E-state index contributed by atoms with van der Waals surface area (Å²) in [5.74, 6) is 0. The van der Waals surface area contributed by atoms with Crippen LogP contribution in [0.2, 0.25) is 0 Å². The summed E-state index contributed by atoms with van der Waals surface area (Å²) in [6, 6.07) is 46.8. The fourth-order valence-corrected chi connectivity index (χ4v) is 10.2. The minimum Gasteiger partial charge on any atom is -0.0622 e. The van der Waals surface area contributed by atoms with Crippen LogP contribution in [0.3, 0.4) is 0 Å². The first-order valence-electron chi connectivity index (χ1n) is 13.0. The highest BCUT2D eigenvalue weighted by Crippen LogP contribution is 2.44. The molecule has 0 saturated heterocycles. The van der Waals surface area contributed by atoms with E-state index in [0.717, 1.165) is 12.3 Å². The van der Waals surface area contributed by atoms with Crippen LogP contribution < -0.4 is 21.2 Å². The van der Waals surface area contributed by atoms with Gasteiger partial charge < -0.3 is 0 Å². The molecular formula is C35H34P2. The van der Waals surface area contributed by atoms with Gasteiger partial charge in [-0.25, -0.2) is 0 Å². The summed E-state index contributed by atoms with van der Waals surface area (Å²) in [6.07, 6.45) is 2.14. The Kier molecular flexibility index (Phi) is 8.31. The summed E-state index contributed by atoms with van der Waals surface area (Å²) in [5.41, 5.74) is 7.37. The molecule has 5 aromatic rings. The van der Waals surface area contributed by atoms with Crippen molar-refractivity contribution in [1.29, 1.82) is 0 Å². The fraction of sp³-hybridized carbons (Fsp3) is 0.143. The van der Waals surface area contributed by atoms with Crippen LogP contribution in [0.4, 0.5) is 0 Å². The van der Waals surface area contributed by atoms with Crippen molar-refractivity contribution in [3.63, 3.8) is 0 Å². The van der Waals surface area contributed by atoms with Crippen LogP contribution in [0.1, 0.15) is 27.8 Å². The lowest BCUT2D eigenvalue weighted by Gasteiger charge is -2.26. The van der Waals surface area contributed by atoms with Crippen molar-refractivity contribution in [3.05, 3.63) is 155 Å². The summed E-state index contributed by atoms with van der Waals surface area (Å²) in [4.78, 5) is 0. The molecule has 0 bridgehead atoms. The molecule has 37 heavy (non-hydrogen) atoms. The van der Waals surface area contributed by atoms with Gasteiger partial charge in [0.15, 0.2) is 0 Å². The minimum atomic E-state index is -0.484. The molecule has 5 aromatic carbocycles. The van der Waals surface area contributed by atoms with Crippen LogP contribution in [0, 0.1) is 20.8 Å². The third-order valence-corrected chi connectivity index (χ3v) is 12.1. The van der Waals surface area contributed by atoms with Gasteiger partial charge in [0.25, 0.3) is 0 Å². The molecule has 184 valence electrons. The second kappa shape index (κ2) is 12.0. The van der Waals surface area contributed by atoms with Gasteiger partial charge in [-0.05, 0) is 85.6 Å². The van der Waals surface area contributed by atoms with Crippen molar-refractivity contribution in [1.82, 2.24) is 0 Å². The standard InChI is InChI=1S/C35H34P2/c1-27-24-28(2)35(26-37(32-20-12-6-13-21-32)33-22-14-7-15-23-33)29(3)34(27)25-36(30-16-8-4-9-17-30)31-18-10-5-11-19-31/h4-24H,25-26H2,1-3H3. The molecule has 0 atom stereocenters. The van der Waals surface area contributed by atoms with Gasteiger partial charge in [-0.3, -0.25) is 0 Å². The molecule has 0 saturated carbocycles. The van der Waals surface area contributed by atoms with E-state index in [1.165, 1.54) is 49.0 Å². The predicted molar refractivity (Wildman–Crippen MR) is 166 cm³/mol. The van der Waals surface area contributed by atoms with Crippen molar-refractivity contribution >= 4 is 37.1 Å². The van der Waals surface area contributed by atoms with E-state index in [0.29, 0.717) is 0 Å². The van der Waals surface area contributed by atoms with E-state index in [1.54, 1.807) is 0 Å². The van der Waals surface area contributed by atoms with Crippen molar-refractivity contribution in [3.8, 4) is 0 Å². The first-order valence-corrected chi connectivity index (χ1v) is 16.0. The summed E-state index contributed by atoms with van der Waals surface area (Å²) in [6.45, 7) is 6.98. The van der Waals surface area contributed by atoms with Crippen molar-refractivity contribution in [2.45, 2.75) is 33.1 Å². The highest BCUT2D eigenvalue weighted by atomic mass is 31.1. The van der Waals surface area contributed by atoms with E-state index in [1.807, 2.05) is 0 Å². The van der Waals surface area contributed by atoms with Crippen molar-refractivity contribution in [2.24, 2.45) is 0 Å². The second-order valence-corrected chi connectivity index (χ2v) is 14.0. The Bertz CT molecular complexity index is 1240. The molecular weight excluding hydrogens is 482 g/mol. The molecule has 0 aliphatic heterocycles. The molecule has 5 rings (SSSR count). The van der Waals surface area contributed by atoms with Crippen LogP contribution in [0.15, 0.2) is 127 Å². The molecule has 0 N–H and O–H groups in total. The van der Waals surface area contributed by atoms with E-state index in [-0.39, 0.29) is 0 Å². The van der Waals surface area contributed by atoms with E-state index in [2.05, 4.69) is 148 Å². The molecule has 0 aliphatic carbocycles. The Balaban J connectivity index is 1.57. The molecule has 0 unspecified atom stereocenters. The Morgan fingerprint density at radius 2 is 0.676 bits per heavy atom. The first kappa shape index (κ1) is 25.6. The molecule has 0 aromatic heterocycles. The number of rotatable bonds is 8. The predicted octanol–water partition coefficient (Wildman–Crippen LogP) is 7.88. The van der Waals surface area contributed by atoms with E-state index < -0.39 is 15.8 Å². The van der Waals surface area contributed by atoms with Crippen molar-refractivity contribution < 1.29 is 0 Å². The zero-order valence-corrected chi connectivity index (χ0v) is 23.7. The lowest BCUT2D eigenvalue weighted by Crippen LogP contribution is -2.16. The van der Waals surface area contributed by atoms with Crippen LogP contribution in [-0.2, 0) is 12.3 Å². The third-order valence-electron chi connectivity index (χ3n) is 7.19. The average Bonchev–Trinajstić information content (AvgIpc) is 2.95. The van der Waals surface area contributed by atoms with Gasteiger partial charge in [0.1, 0.15) is 0 Å². The van der Waals surface area contributed by atoms with Crippen LogP contribution in [0.5, 0.6) is 0 Å². The summed E-state index contributed by atoms with van der Waals surface area (Å²) >= 11 is 0. The molecule has 2 heteroatoms. The van der Waals surface area contributed by atoms with Gasteiger partial charge in [0.2, 0.25) is 0 Å². The molecule has 0 heterocycles. The fourth-order valence-electron chi connectivity index (χ4n) is 5.17.